The Morgan fingerprint density at radius 3 is 2.39 bits per heavy atom. The summed E-state index contributed by atoms with van der Waals surface area (Å²) >= 11 is 3.39. The highest BCUT2D eigenvalue weighted by atomic mass is 79.9. The fourth-order valence-corrected chi connectivity index (χ4v) is 4.14. The smallest absolute Gasteiger partial charge is 0.223 e. The number of carbonyl (C=O) groups is 1. The number of carbonyl (C=O) groups excluding carboxylic acids is 1. The van der Waals surface area contributed by atoms with Crippen molar-refractivity contribution in [3.05, 3.63) is 34.3 Å². The minimum absolute atomic E-state index is 0.00830. The molecule has 1 fully saturated rings. The fraction of sp³-hybridized carbons (Fsp3) is 0.562. The van der Waals surface area contributed by atoms with Crippen LogP contribution in [0.3, 0.4) is 0 Å². The zero-order chi connectivity index (χ0) is 17.0. The number of halogens is 1. The van der Waals surface area contributed by atoms with E-state index in [1.54, 1.807) is 6.92 Å². The Bertz CT molecular complexity index is 638. The van der Waals surface area contributed by atoms with Crippen molar-refractivity contribution < 1.29 is 13.2 Å². The maximum atomic E-state index is 12.4. The molecular weight excluding hydrogens is 380 g/mol. The molecule has 7 heteroatoms. The number of nitrogens with zero attached hydrogens (tertiary/aromatic N) is 1. The van der Waals surface area contributed by atoms with E-state index in [2.05, 4.69) is 21.2 Å². The lowest BCUT2D eigenvalue weighted by molar-refractivity contribution is -0.126. The molecule has 1 aliphatic rings. The summed E-state index contributed by atoms with van der Waals surface area (Å²) < 4.78 is 26.2. The van der Waals surface area contributed by atoms with Gasteiger partial charge in [0.15, 0.2) is 0 Å². The number of amides is 1. The van der Waals surface area contributed by atoms with Crippen LogP contribution in [0, 0.1) is 5.92 Å². The molecule has 0 saturated carbocycles. The number of hydrogen-bond donors (Lipinski definition) is 1. The van der Waals surface area contributed by atoms with Crippen LogP contribution in [0.1, 0.15) is 38.3 Å². The zero-order valence-electron chi connectivity index (χ0n) is 13.5. The molecule has 5 nitrogen and oxygen atoms in total. The van der Waals surface area contributed by atoms with Gasteiger partial charge in [0.2, 0.25) is 15.9 Å². The topological polar surface area (TPSA) is 66.5 Å². The van der Waals surface area contributed by atoms with Crippen LogP contribution in [-0.4, -0.2) is 37.5 Å². The van der Waals surface area contributed by atoms with Crippen molar-refractivity contribution >= 4 is 31.9 Å². The average molecular weight is 403 g/mol. The Hall–Kier alpha value is -0.920. The first-order valence-corrected chi connectivity index (χ1v) is 10.3. The molecule has 1 amide bonds. The SMILES string of the molecule is CCS(=O)(=O)N1CCC(C(=O)N[C@H](C)c2ccc(Br)cc2)CC1. The fourth-order valence-electron chi connectivity index (χ4n) is 2.74. The molecule has 0 bridgehead atoms. The van der Waals surface area contributed by atoms with Gasteiger partial charge in [-0.05, 0) is 44.4 Å². The number of hydrogen-bond acceptors (Lipinski definition) is 3. The monoisotopic (exact) mass is 402 g/mol. The van der Waals surface area contributed by atoms with E-state index in [0.717, 1.165) is 10.0 Å². The van der Waals surface area contributed by atoms with Crippen molar-refractivity contribution in [2.24, 2.45) is 5.92 Å². The molecule has 0 aromatic heterocycles. The van der Waals surface area contributed by atoms with E-state index in [1.807, 2.05) is 31.2 Å². The summed E-state index contributed by atoms with van der Waals surface area (Å²) in [6, 6.07) is 7.79. The van der Waals surface area contributed by atoms with Crippen LogP contribution in [0.2, 0.25) is 0 Å². The van der Waals surface area contributed by atoms with Gasteiger partial charge in [0.05, 0.1) is 11.8 Å². The van der Waals surface area contributed by atoms with Gasteiger partial charge >= 0.3 is 0 Å². The summed E-state index contributed by atoms with van der Waals surface area (Å²) in [7, 11) is -3.14. The first-order valence-electron chi connectivity index (χ1n) is 7.87. The zero-order valence-corrected chi connectivity index (χ0v) is 15.9. The van der Waals surface area contributed by atoms with Crippen LogP contribution in [-0.2, 0) is 14.8 Å². The van der Waals surface area contributed by atoms with Crippen LogP contribution in [0.4, 0.5) is 0 Å². The maximum Gasteiger partial charge on any atom is 0.223 e. The Kier molecular flexibility index (Phi) is 6.22. The lowest BCUT2D eigenvalue weighted by Gasteiger charge is -2.31. The minimum Gasteiger partial charge on any atom is -0.349 e. The predicted molar refractivity (Wildman–Crippen MR) is 94.5 cm³/mol. The number of rotatable bonds is 5. The summed E-state index contributed by atoms with van der Waals surface area (Å²) in [5.74, 6) is 0.00922. The minimum atomic E-state index is -3.14. The molecule has 1 saturated heterocycles. The second-order valence-corrected chi connectivity index (χ2v) is 9.03. The second-order valence-electron chi connectivity index (χ2n) is 5.86. The van der Waals surface area contributed by atoms with Gasteiger partial charge in [-0.3, -0.25) is 4.79 Å². The highest BCUT2D eigenvalue weighted by Gasteiger charge is 2.30. The van der Waals surface area contributed by atoms with Crippen molar-refractivity contribution in [2.75, 3.05) is 18.8 Å². The first-order chi connectivity index (χ1) is 10.8. The lowest BCUT2D eigenvalue weighted by atomic mass is 9.96. The van der Waals surface area contributed by atoms with Crippen molar-refractivity contribution in [3.63, 3.8) is 0 Å². The molecule has 128 valence electrons. The van der Waals surface area contributed by atoms with Crippen LogP contribution in [0.5, 0.6) is 0 Å². The molecule has 0 unspecified atom stereocenters. The standard InChI is InChI=1S/C16H23BrN2O3S/c1-3-23(21,22)19-10-8-14(9-11-19)16(20)18-12(2)13-4-6-15(17)7-5-13/h4-7,12,14H,3,8-11H2,1-2H3,(H,18,20)/t12-/m1/s1. The molecule has 1 aromatic carbocycles. The number of piperidine rings is 1. The Balaban J connectivity index is 1.89. The third kappa shape index (κ3) is 4.78. The normalized spacial score (nSPS) is 18.6. The summed E-state index contributed by atoms with van der Waals surface area (Å²) in [6.07, 6.45) is 1.16. The van der Waals surface area contributed by atoms with Gasteiger partial charge in [-0.1, -0.05) is 28.1 Å². The number of sulfonamides is 1. The molecule has 0 aliphatic carbocycles. The van der Waals surface area contributed by atoms with Crippen molar-refractivity contribution in [3.8, 4) is 0 Å². The van der Waals surface area contributed by atoms with E-state index < -0.39 is 10.0 Å². The first kappa shape index (κ1) is 18.4. The molecule has 1 aliphatic heterocycles. The van der Waals surface area contributed by atoms with E-state index in [1.165, 1.54) is 4.31 Å². The lowest BCUT2D eigenvalue weighted by Crippen LogP contribution is -2.43. The van der Waals surface area contributed by atoms with Crippen LogP contribution in [0.15, 0.2) is 28.7 Å². The van der Waals surface area contributed by atoms with Crippen LogP contribution >= 0.6 is 15.9 Å². The second kappa shape index (κ2) is 7.77. The predicted octanol–water partition coefficient (Wildman–Crippen LogP) is 2.69. The molecule has 1 heterocycles. The molecule has 0 spiro atoms. The van der Waals surface area contributed by atoms with Gasteiger partial charge in [-0.25, -0.2) is 12.7 Å². The van der Waals surface area contributed by atoms with E-state index in [4.69, 9.17) is 0 Å². The van der Waals surface area contributed by atoms with Crippen LogP contribution in [0.25, 0.3) is 0 Å². The van der Waals surface area contributed by atoms with Gasteiger partial charge in [-0.2, -0.15) is 0 Å². The molecule has 0 radical (unpaired) electrons. The Labute approximate surface area is 146 Å². The van der Waals surface area contributed by atoms with Crippen molar-refractivity contribution in [1.29, 1.82) is 0 Å². The van der Waals surface area contributed by atoms with E-state index >= 15 is 0 Å². The summed E-state index contributed by atoms with van der Waals surface area (Å²) in [6.45, 7) is 4.47. The maximum absolute atomic E-state index is 12.4. The van der Waals surface area contributed by atoms with Crippen LogP contribution < -0.4 is 5.32 Å². The summed E-state index contributed by atoms with van der Waals surface area (Å²) in [4.78, 5) is 12.4. The highest BCUT2D eigenvalue weighted by Crippen LogP contribution is 2.22. The van der Waals surface area contributed by atoms with E-state index in [0.29, 0.717) is 25.9 Å². The van der Waals surface area contributed by atoms with Crippen molar-refractivity contribution in [2.45, 2.75) is 32.7 Å². The van der Waals surface area contributed by atoms with Gasteiger partial charge in [-0.15, -0.1) is 0 Å². The molecule has 1 N–H and O–H groups in total. The highest BCUT2D eigenvalue weighted by molar-refractivity contribution is 9.10. The van der Waals surface area contributed by atoms with E-state index in [9.17, 15) is 13.2 Å². The third-order valence-electron chi connectivity index (χ3n) is 4.31. The number of benzene rings is 1. The van der Waals surface area contributed by atoms with E-state index in [-0.39, 0.29) is 23.6 Å². The molecule has 23 heavy (non-hydrogen) atoms. The Morgan fingerprint density at radius 2 is 1.87 bits per heavy atom. The number of nitrogens with one attached hydrogen (secondary N) is 1. The van der Waals surface area contributed by atoms with Gasteiger partial charge in [0, 0.05) is 23.5 Å². The van der Waals surface area contributed by atoms with Gasteiger partial charge < -0.3 is 5.32 Å². The largest absolute Gasteiger partial charge is 0.349 e. The molecule has 1 aromatic rings. The van der Waals surface area contributed by atoms with Crippen molar-refractivity contribution in [1.82, 2.24) is 9.62 Å². The average Bonchev–Trinajstić information content (AvgIpc) is 2.55. The molecule has 1 atom stereocenters. The molecular formula is C16H23BrN2O3S. The quantitative estimate of drug-likeness (QED) is 0.822. The third-order valence-corrected chi connectivity index (χ3v) is 6.72. The summed E-state index contributed by atoms with van der Waals surface area (Å²) in [5.41, 5.74) is 1.05. The summed E-state index contributed by atoms with van der Waals surface area (Å²) in [5, 5.41) is 3.03. The Morgan fingerprint density at radius 1 is 1.30 bits per heavy atom. The van der Waals surface area contributed by atoms with Gasteiger partial charge in [0.1, 0.15) is 0 Å². The van der Waals surface area contributed by atoms with Gasteiger partial charge in [0.25, 0.3) is 0 Å². The molecule has 2 rings (SSSR count).